The molecule has 2 amide bonds. The summed E-state index contributed by atoms with van der Waals surface area (Å²) >= 11 is 0. The summed E-state index contributed by atoms with van der Waals surface area (Å²) in [5.74, 6) is 0. The lowest BCUT2D eigenvalue weighted by Crippen LogP contribution is -2.49. The molecule has 0 atom stereocenters. The monoisotopic (exact) mass is 239 g/mol. The average molecular weight is 239 g/mol. The minimum Gasteiger partial charge on any atom is -0.325 e. The molecule has 0 saturated carbocycles. The Bertz CT molecular complexity index is 255. The smallest absolute Gasteiger partial charge is 0.319 e. The number of piperidine rings is 1. The summed E-state index contributed by atoms with van der Waals surface area (Å²) in [6.45, 7) is 7.53. The van der Waals surface area contributed by atoms with Crippen LogP contribution in [0.2, 0.25) is 0 Å². The van der Waals surface area contributed by atoms with Crippen molar-refractivity contribution in [2.45, 2.75) is 38.6 Å². The van der Waals surface area contributed by atoms with Crippen molar-refractivity contribution in [1.82, 2.24) is 14.7 Å². The Balaban J connectivity index is 1.83. The molecule has 0 aromatic rings. The number of urea groups is 1. The van der Waals surface area contributed by atoms with E-state index in [0.717, 1.165) is 45.6 Å². The van der Waals surface area contributed by atoms with Gasteiger partial charge in [-0.15, -0.1) is 0 Å². The number of carbonyl (C=O) groups is 1. The highest BCUT2D eigenvalue weighted by atomic mass is 16.2. The Labute approximate surface area is 105 Å². The van der Waals surface area contributed by atoms with Gasteiger partial charge in [0.25, 0.3) is 0 Å². The van der Waals surface area contributed by atoms with Crippen LogP contribution < -0.4 is 0 Å². The van der Waals surface area contributed by atoms with Gasteiger partial charge >= 0.3 is 6.03 Å². The first kappa shape index (κ1) is 12.7. The molecule has 2 heterocycles. The van der Waals surface area contributed by atoms with Gasteiger partial charge in [-0.25, -0.2) is 4.79 Å². The fourth-order valence-corrected chi connectivity index (χ4v) is 2.91. The molecular formula is C13H25N3O. The number of rotatable bonds is 2. The van der Waals surface area contributed by atoms with Gasteiger partial charge in [-0.3, -0.25) is 0 Å². The van der Waals surface area contributed by atoms with Gasteiger partial charge in [0, 0.05) is 39.3 Å². The van der Waals surface area contributed by atoms with E-state index in [1.54, 1.807) is 0 Å². The molecular weight excluding hydrogens is 214 g/mol. The first-order valence-corrected chi connectivity index (χ1v) is 6.96. The van der Waals surface area contributed by atoms with Crippen LogP contribution in [-0.2, 0) is 0 Å². The Morgan fingerprint density at radius 3 is 2.29 bits per heavy atom. The van der Waals surface area contributed by atoms with Crippen molar-refractivity contribution in [2.75, 3.05) is 39.8 Å². The summed E-state index contributed by atoms with van der Waals surface area (Å²) in [6, 6.07) is 0.698. The number of likely N-dealkylation sites (tertiary alicyclic amines) is 2. The lowest BCUT2D eigenvalue weighted by molar-refractivity contribution is 0.119. The number of carbonyl (C=O) groups excluding carboxylic acids is 1. The maximum Gasteiger partial charge on any atom is 0.319 e. The fourth-order valence-electron chi connectivity index (χ4n) is 2.91. The first-order valence-electron chi connectivity index (χ1n) is 6.96. The molecule has 0 aromatic carbocycles. The topological polar surface area (TPSA) is 26.8 Å². The van der Waals surface area contributed by atoms with Crippen LogP contribution in [0, 0.1) is 0 Å². The van der Waals surface area contributed by atoms with Gasteiger partial charge in [-0.1, -0.05) is 6.92 Å². The van der Waals surface area contributed by atoms with E-state index >= 15 is 0 Å². The van der Waals surface area contributed by atoms with Crippen molar-refractivity contribution in [3.05, 3.63) is 0 Å². The molecule has 0 radical (unpaired) electrons. The molecule has 4 heteroatoms. The summed E-state index contributed by atoms with van der Waals surface area (Å²) in [6.07, 6.45) is 4.61. The average Bonchev–Trinajstić information content (AvgIpc) is 2.91. The Kier molecular flexibility index (Phi) is 4.26. The van der Waals surface area contributed by atoms with Crippen LogP contribution >= 0.6 is 0 Å². The lowest BCUT2D eigenvalue weighted by Gasteiger charge is -2.37. The zero-order valence-corrected chi connectivity index (χ0v) is 11.2. The number of hydrogen-bond acceptors (Lipinski definition) is 2. The molecule has 2 saturated heterocycles. The second-order valence-corrected chi connectivity index (χ2v) is 5.25. The van der Waals surface area contributed by atoms with Gasteiger partial charge in [0.1, 0.15) is 0 Å². The van der Waals surface area contributed by atoms with E-state index in [-0.39, 0.29) is 6.03 Å². The first-order chi connectivity index (χ1) is 8.22. The largest absolute Gasteiger partial charge is 0.325 e. The molecule has 4 nitrogen and oxygen atoms in total. The zero-order valence-electron chi connectivity index (χ0n) is 11.2. The molecule has 2 aliphatic heterocycles. The van der Waals surface area contributed by atoms with Crippen molar-refractivity contribution in [3.63, 3.8) is 0 Å². The molecule has 0 aliphatic carbocycles. The van der Waals surface area contributed by atoms with Crippen molar-refractivity contribution < 1.29 is 4.79 Å². The Morgan fingerprint density at radius 2 is 1.76 bits per heavy atom. The molecule has 98 valence electrons. The zero-order chi connectivity index (χ0) is 12.3. The van der Waals surface area contributed by atoms with Crippen LogP contribution in [0.4, 0.5) is 4.79 Å². The minimum atomic E-state index is 0.248. The van der Waals surface area contributed by atoms with E-state index < -0.39 is 0 Å². The standard InChI is InChI=1S/C13H25N3O/c1-3-15-10-6-12(7-11-15)14(2)13(17)16-8-4-5-9-16/h12H,3-11H2,1-2H3. The second-order valence-electron chi connectivity index (χ2n) is 5.25. The third-order valence-corrected chi connectivity index (χ3v) is 4.23. The van der Waals surface area contributed by atoms with E-state index in [1.807, 2.05) is 16.8 Å². The van der Waals surface area contributed by atoms with Gasteiger partial charge < -0.3 is 14.7 Å². The summed E-state index contributed by atoms with van der Waals surface area (Å²) < 4.78 is 0. The highest BCUT2D eigenvalue weighted by Gasteiger charge is 2.28. The van der Waals surface area contributed by atoms with Crippen molar-refractivity contribution >= 4 is 6.03 Å². The maximum atomic E-state index is 12.2. The molecule has 0 spiro atoms. The van der Waals surface area contributed by atoms with Crippen molar-refractivity contribution in [2.24, 2.45) is 0 Å². The van der Waals surface area contributed by atoms with Crippen molar-refractivity contribution in [3.8, 4) is 0 Å². The summed E-state index contributed by atoms with van der Waals surface area (Å²) in [5, 5.41) is 0. The van der Waals surface area contributed by atoms with Crippen molar-refractivity contribution in [1.29, 1.82) is 0 Å². The number of amides is 2. The van der Waals surface area contributed by atoms with Gasteiger partial charge in [-0.05, 0) is 32.2 Å². The Hall–Kier alpha value is -0.770. The molecule has 0 N–H and O–H groups in total. The van der Waals surface area contributed by atoms with E-state index in [2.05, 4.69) is 11.8 Å². The highest BCUT2D eigenvalue weighted by Crippen LogP contribution is 2.18. The molecule has 0 aromatic heterocycles. The van der Waals surface area contributed by atoms with Gasteiger partial charge in [0.2, 0.25) is 0 Å². The van der Waals surface area contributed by atoms with E-state index in [9.17, 15) is 4.79 Å². The molecule has 2 aliphatic rings. The molecule has 2 fully saturated rings. The van der Waals surface area contributed by atoms with Gasteiger partial charge in [0.05, 0.1) is 0 Å². The number of hydrogen-bond donors (Lipinski definition) is 0. The van der Waals surface area contributed by atoms with E-state index in [4.69, 9.17) is 0 Å². The number of nitrogens with zero attached hydrogens (tertiary/aromatic N) is 3. The van der Waals surface area contributed by atoms with Crippen LogP contribution in [0.15, 0.2) is 0 Å². The Morgan fingerprint density at radius 1 is 1.18 bits per heavy atom. The SMILES string of the molecule is CCN1CCC(N(C)C(=O)N2CCCC2)CC1. The summed E-state index contributed by atoms with van der Waals surface area (Å²) in [4.78, 5) is 18.7. The predicted octanol–water partition coefficient (Wildman–Crippen LogP) is 1.62. The molecule has 17 heavy (non-hydrogen) atoms. The summed E-state index contributed by atoms with van der Waals surface area (Å²) in [7, 11) is 1.98. The molecule has 2 rings (SSSR count). The van der Waals surface area contributed by atoms with E-state index in [1.165, 1.54) is 12.8 Å². The van der Waals surface area contributed by atoms with Gasteiger partial charge in [-0.2, -0.15) is 0 Å². The second kappa shape index (κ2) is 5.71. The third kappa shape index (κ3) is 2.92. The highest BCUT2D eigenvalue weighted by molar-refractivity contribution is 5.74. The molecule has 0 unspecified atom stereocenters. The van der Waals surface area contributed by atoms with Crippen LogP contribution in [0.1, 0.15) is 32.6 Å². The maximum absolute atomic E-state index is 12.2. The fraction of sp³-hybridized carbons (Fsp3) is 0.923. The predicted molar refractivity (Wildman–Crippen MR) is 69.1 cm³/mol. The molecule has 0 bridgehead atoms. The van der Waals surface area contributed by atoms with Gasteiger partial charge in [0.15, 0.2) is 0 Å². The third-order valence-electron chi connectivity index (χ3n) is 4.23. The van der Waals surface area contributed by atoms with Crippen LogP contribution in [0.3, 0.4) is 0 Å². The van der Waals surface area contributed by atoms with E-state index in [0.29, 0.717) is 6.04 Å². The normalized spacial score (nSPS) is 23.1. The minimum absolute atomic E-state index is 0.248. The van der Waals surface area contributed by atoms with Crippen LogP contribution in [-0.4, -0.2) is 66.5 Å². The lowest BCUT2D eigenvalue weighted by atomic mass is 10.0. The van der Waals surface area contributed by atoms with Crippen LogP contribution in [0.5, 0.6) is 0 Å². The van der Waals surface area contributed by atoms with Crippen LogP contribution in [0.25, 0.3) is 0 Å². The quantitative estimate of drug-likeness (QED) is 0.732. The summed E-state index contributed by atoms with van der Waals surface area (Å²) in [5.41, 5.74) is 0.